The number of hydrogen-bond acceptors (Lipinski definition) is 4. The quantitative estimate of drug-likeness (QED) is 0.196. The topological polar surface area (TPSA) is 71.2 Å². The first-order valence-corrected chi connectivity index (χ1v) is 19.2. The molecule has 6 heteroatoms. The molecule has 11 aromatic rings. The van der Waals surface area contributed by atoms with E-state index in [1.165, 1.54) is 0 Å². The minimum absolute atomic E-state index is 0.271. The number of aliphatic imine (C=N–C) groups is 1. The fourth-order valence-electron chi connectivity index (χ4n) is 9.19. The number of furan rings is 1. The van der Waals surface area contributed by atoms with Gasteiger partial charge in [-0.05, 0) is 65.7 Å². The summed E-state index contributed by atoms with van der Waals surface area (Å²) in [6.45, 7) is 0. The van der Waals surface area contributed by atoms with E-state index >= 15 is 0 Å². The van der Waals surface area contributed by atoms with Crippen LogP contribution in [0.5, 0.6) is 0 Å². The van der Waals surface area contributed by atoms with Gasteiger partial charge in [-0.25, -0.2) is 4.99 Å². The van der Waals surface area contributed by atoms with Gasteiger partial charge in [0.2, 0.25) is 0 Å². The highest BCUT2D eigenvalue weighted by molar-refractivity contribution is 6.39. The van der Waals surface area contributed by atoms with Gasteiger partial charge in [0, 0.05) is 27.2 Å². The van der Waals surface area contributed by atoms with E-state index in [1.54, 1.807) is 0 Å². The summed E-state index contributed by atoms with van der Waals surface area (Å²) in [5.41, 5.74) is 13.0. The molecule has 1 aliphatic heterocycles. The van der Waals surface area contributed by atoms with E-state index in [9.17, 15) is 5.26 Å². The van der Waals surface area contributed by atoms with Crippen LogP contribution in [0.4, 0.5) is 11.4 Å². The van der Waals surface area contributed by atoms with Crippen LogP contribution in [0.1, 0.15) is 22.7 Å². The summed E-state index contributed by atoms with van der Waals surface area (Å²) >= 11 is 0. The molecular formula is C51H31N5O. The van der Waals surface area contributed by atoms with Crippen molar-refractivity contribution < 1.29 is 4.42 Å². The number of nitriles is 1. The highest BCUT2D eigenvalue weighted by Crippen LogP contribution is 2.50. The number of anilines is 1. The highest BCUT2D eigenvalue weighted by atomic mass is 16.3. The number of para-hydroxylation sites is 6. The summed E-state index contributed by atoms with van der Waals surface area (Å²) < 4.78 is 11.6. The van der Waals surface area contributed by atoms with Crippen LogP contribution in [0.3, 0.4) is 0 Å². The van der Waals surface area contributed by atoms with E-state index in [-0.39, 0.29) is 6.04 Å². The van der Waals surface area contributed by atoms with E-state index in [2.05, 4.69) is 148 Å². The van der Waals surface area contributed by atoms with Crippen LogP contribution >= 0.6 is 0 Å². The maximum Gasteiger partial charge on any atom is 0.147 e. The molecule has 266 valence electrons. The van der Waals surface area contributed by atoms with Crippen molar-refractivity contribution in [3.8, 4) is 17.4 Å². The van der Waals surface area contributed by atoms with Gasteiger partial charge >= 0.3 is 0 Å². The lowest BCUT2D eigenvalue weighted by Gasteiger charge is -2.28. The Balaban J connectivity index is 1.20. The molecule has 0 saturated carbocycles. The fourth-order valence-corrected chi connectivity index (χ4v) is 9.19. The largest absolute Gasteiger partial charge is 0.455 e. The van der Waals surface area contributed by atoms with Crippen molar-refractivity contribution >= 4 is 82.6 Å². The molecule has 12 rings (SSSR count). The predicted octanol–water partition coefficient (Wildman–Crippen LogP) is 12.9. The number of nitrogens with one attached hydrogen (secondary N) is 1. The van der Waals surface area contributed by atoms with Crippen LogP contribution in [0, 0.1) is 11.3 Å². The van der Waals surface area contributed by atoms with Gasteiger partial charge in [0.25, 0.3) is 0 Å². The summed E-state index contributed by atoms with van der Waals surface area (Å²) in [5.74, 6) is 0. The molecule has 6 nitrogen and oxygen atoms in total. The van der Waals surface area contributed by atoms with Gasteiger partial charge in [0.05, 0.1) is 67.2 Å². The second-order valence-electron chi connectivity index (χ2n) is 14.6. The normalized spacial score (nSPS) is 14.0. The number of fused-ring (bicyclic) bond motifs is 13. The van der Waals surface area contributed by atoms with Crippen molar-refractivity contribution in [3.63, 3.8) is 0 Å². The Morgan fingerprint density at radius 1 is 0.579 bits per heavy atom. The Kier molecular flexibility index (Phi) is 6.66. The lowest BCUT2D eigenvalue weighted by molar-refractivity contribution is 0.673. The molecule has 0 spiro atoms. The first-order valence-electron chi connectivity index (χ1n) is 19.2. The van der Waals surface area contributed by atoms with Crippen molar-refractivity contribution in [3.05, 3.63) is 193 Å². The monoisotopic (exact) mass is 729 g/mol. The molecule has 1 atom stereocenters. The lowest BCUT2D eigenvalue weighted by Crippen LogP contribution is -2.25. The number of rotatable bonds is 4. The zero-order chi connectivity index (χ0) is 37.6. The maximum absolute atomic E-state index is 11.1. The molecule has 3 aromatic heterocycles. The van der Waals surface area contributed by atoms with Gasteiger partial charge in [-0.15, -0.1) is 0 Å². The van der Waals surface area contributed by atoms with Crippen molar-refractivity contribution in [1.29, 1.82) is 5.26 Å². The van der Waals surface area contributed by atoms with E-state index in [1.807, 2.05) is 48.5 Å². The SMILES string of the molecule is N#Cc1cc(C2Nc3ccccc3N=C2c2ccccc2)ccc1-n1c2ccccc2c2c3oc4ccccc4c3c3c(c4ccccc4n3-c3ccccc3)c21. The Labute approximate surface area is 326 Å². The van der Waals surface area contributed by atoms with Gasteiger partial charge in [0.1, 0.15) is 17.2 Å². The lowest BCUT2D eigenvalue weighted by atomic mass is 9.93. The van der Waals surface area contributed by atoms with Gasteiger partial charge in [0.15, 0.2) is 0 Å². The molecule has 0 radical (unpaired) electrons. The van der Waals surface area contributed by atoms with Gasteiger partial charge < -0.3 is 18.9 Å². The first kappa shape index (κ1) is 31.5. The predicted molar refractivity (Wildman–Crippen MR) is 233 cm³/mol. The van der Waals surface area contributed by atoms with Crippen molar-refractivity contribution in [2.75, 3.05) is 5.32 Å². The number of aromatic nitrogens is 2. The summed E-state index contributed by atoms with van der Waals surface area (Å²) in [4.78, 5) is 5.17. The molecule has 57 heavy (non-hydrogen) atoms. The van der Waals surface area contributed by atoms with Gasteiger partial charge in [-0.3, -0.25) is 0 Å². The van der Waals surface area contributed by atoms with Crippen LogP contribution in [0.15, 0.2) is 185 Å². The Morgan fingerprint density at radius 3 is 1.98 bits per heavy atom. The average molecular weight is 730 g/mol. The molecule has 0 bridgehead atoms. The molecular weight excluding hydrogens is 699 g/mol. The van der Waals surface area contributed by atoms with Crippen molar-refractivity contribution in [2.45, 2.75) is 6.04 Å². The van der Waals surface area contributed by atoms with Gasteiger partial charge in [-0.1, -0.05) is 121 Å². The van der Waals surface area contributed by atoms with Crippen LogP contribution in [0.2, 0.25) is 0 Å². The Morgan fingerprint density at radius 2 is 1.19 bits per heavy atom. The summed E-state index contributed by atoms with van der Waals surface area (Å²) in [5, 5.41) is 21.3. The smallest absolute Gasteiger partial charge is 0.147 e. The third-order valence-corrected chi connectivity index (χ3v) is 11.6. The minimum Gasteiger partial charge on any atom is -0.455 e. The highest BCUT2D eigenvalue weighted by Gasteiger charge is 2.30. The number of nitrogens with zero attached hydrogens (tertiary/aromatic N) is 4. The molecule has 4 heterocycles. The molecule has 0 amide bonds. The van der Waals surface area contributed by atoms with E-state index < -0.39 is 0 Å². The maximum atomic E-state index is 11.1. The average Bonchev–Trinajstić information content (AvgIpc) is 3.94. The van der Waals surface area contributed by atoms with Crippen LogP contribution < -0.4 is 5.32 Å². The summed E-state index contributed by atoms with van der Waals surface area (Å²) in [6.07, 6.45) is 0. The molecule has 1 unspecified atom stereocenters. The number of hydrogen-bond donors (Lipinski definition) is 1. The number of benzene rings is 8. The van der Waals surface area contributed by atoms with Crippen LogP contribution in [0.25, 0.3) is 76.9 Å². The molecule has 1 aliphatic rings. The third kappa shape index (κ3) is 4.48. The van der Waals surface area contributed by atoms with Crippen molar-refractivity contribution in [2.24, 2.45) is 4.99 Å². The third-order valence-electron chi connectivity index (χ3n) is 11.6. The molecule has 8 aromatic carbocycles. The molecule has 0 aliphatic carbocycles. The summed E-state index contributed by atoms with van der Waals surface area (Å²) in [7, 11) is 0. The van der Waals surface area contributed by atoms with E-state index in [0.29, 0.717) is 5.56 Å². The molecule has 0 fully saturated rings. The molecule has 0 saturated heterocycles. The second-order valence-corrected chi connectivity index (χ2v) is 14.6. The molecule has 1 N–H and O–H groups in total. The summed E-state index contributed by atoms with van der Waals surface area (Å²) in [6, 6.07) is 63.1. The Hall–Kier alpha value is -7.88. The van der Waals surface area contributed by atoms with Gasteiger partial charge in [-0.2, -0.15) is 5.26 Å². The van der Waals surface area contributed by atoms with Crippen LogP contribution in [-0.4, -0.2) is 14.8 Å². The van der Waals surface area contributed by atoms with E-state index in [0.717, 1.165) is 105 Å². The standard InChI is InChI=1S/C51H31N5O/c52-30-33-29-32(48-47(31-15-3-1-4-16-31)53-38-22-10-11-23-39(38)54-48)27-28-40(33)56-42-25-13-8-20-36(42)45-50(56)44-35-19-7-12-24-41(35)55(34-17-5-2-6-18-34)49(44)46-37-21-9-14-26-43(37)57-51(45)46/h1-29,48,54H. The van der Waals surface area contributed by atoms with Crippen LogP contribution in [-0.2, 0) is 0 Å². The zero-order valence-electron chi connectivity index (χ0n) is 30.5. The Bertz CT molecular complexity index is 3510. The second kappa shape index (κ2) is 12.1. The fraction of sp³-hybridized carbons (Fsp3) is 0.0196. The zero-order valence-corrected chi connectivity index (χ0v) is 30.5. The van der Waals surface area contributed by atoms with E-state index in [4.69, 9.17) is 9.41 Å². The minimum atomic E-state index is -0.271. The first-order chi connectivity index (χ1) is 28.3. The van der Waals surface area contributed by atoms with Crippen molar-refractivity contribution in [1.82, 2.24) is 9.13 Å².